The number of hydrogen-bond donors (Lipinski definition) is 1. The van der Waals surface area contributed by atoms with E-state index in [4.69, 9.17) is 5.73 Å². The van der Waals surface area contributed by atoms with Crippen LogP contribution in [0.4, 0.5) is 0 Å². The van der Waals surface area contributed by atoms with Crippen molar-refractivity contribution in [2.24, 2.45) is 5.73 Å². The Labute approximate surface area is 103 Å². The largest absolute Gasteiger partial charge is 0.329 e. The first kappa shape index (κ1) is 13.7. The molecule has 1 saturated heterocycles. The first-order chi connectivity index (χ1) is 7.27. The number of rotatable bonds is 6. The zero-order valence-electron chi connectivity index (χ0n) is 9.95. The fraction of sp³-hybridized carbons (Fsp3) is 1.00. The topological polar surface area (TPSA) is 29.3 Å². The minimum absolute atomic E-state index is 0.625. The average molecular weight is 248 g/mol. The van der Waals surface area contributed by atoms with Gasteiger partial charge in [0, 0.05) is 36.7 Å². The van der Waals surface area contributed by atoms with Gasteiger partial charge in [-0.2, -0.15) is 23.5 Å². The molecule has 0 amide bonds. The molecule has 1 heterocycles. The fourth-order valence-corrected chi connectivity index (χ4v) is 3.58. The first-order valence-corrected chi connectivity index (χ1v) is 8.26. The molecule has 1 rings (SSSR count). The summed E-state index contributed by atoms with van der Waals surface area (Å²) in [6.07, 6.45) is 4.76. The van der Waals surface area contributed by atoms with E-state index in [1.807, 2.05) is 11.8 Å². The summed E-state index contributed by atoms with van der Waals surface area (Å²) < 4.78 is 0. The third-order valence-corrected chi connectivity index (χ3v) is 4.78. The Bertz CT molecular complexity index is 167. The Kier molecular flexibility index (Phi) is 7.14. The van der Waals surface area contributed by atoms with Gasteiger partial charge in [-0.05, 0) is 24.9 Å². The third-order valence-electron chi connectivity index (χ3n) is 2.95. The molecule has 90 valence electrons. The molecule has 2 unspecified atom stereocenters. The Morgan fingerprint density at radius 3 is 3.00 bits per heavy atom. The molecule has 0 aromatic rings. The van der Waals surface area contributed by atoms with Crippen molar-refractivity contribution < 1.29 is 0 Å². The van der Waals surface area contributed by atoms with E-state index in [2.05, 4.69) is 29.8 Å². The van der Waals surface area contributed by atoms with E-state index in [0.717, 1.165) is 11.8 Å². The molecule has 0 saturated carbocycles. The highest BCUT2D eigenvalue weighted by Crippen LogP contribution is 2.21. The molecule has 0 aromatic carbocycles. The van der Waals surface area contributed by atoms with Crippen molar-refractivity contribution in [3.63, 3.8) is 0 Å². The van der Waals surface area contributed by atoms with Gasteiger partial charge in [-0.15, -0.1) is 0 Å². The van der Waals surface area contributed by atoms with Crippen molar-refractivity contribution in [3.8, 4) is 0 Å². The van der Waals surface area contributed by atoms with Crippen LogP contribution in [-0.2, 0) is 0 Å². The van der Waals surface area contributed by atoms with Crippen LogP contribution < -0.4 is 5.73 Å². The van der Waals surface area contributed by atoms with Gasteiger partial charge in [-0.3, -0.25) is 4.90 Å². The Morgan fingerprint density at radius 2 is 2.40 bits per heavy atom. The van der Waals surface area contributed by atoms with Crippen LogP contribution in [0.3, 0.4) is 0 Å². The summed E-state index contributed by atoms with van der Waals surface area (Å²) in [7, 11) is 0. The molecule has 1 aliphatic heterocycles. The lowest BCUT2D eigenvalue weighted by Crippen LogP contribution is -2.47. The van der Waals surface area contributed by atoms with Gasteiger partial charge in [-0.25, -0.2) is 0 Å². The standard InChI is InChI=1S/C11H24N2S2/c1-10-9-13(5-7-15-10)11(8-12)4-3-6-14-2/h10-11H,3-9,12H2,1-2H3. The summed E-state index contributed by atoms with van der Waals surface area (Å²) in [5, 5.41) is 0.786. The van der Waals surface area contributed by atoms with E-state index in [1.54, 1.807) is 0 Å². The quantitative estimate of drug-likeness (QED) is 0.727. The van der Waals surface area contributed by atoms with Crippen LogP contribution in [0.1, 0.15) is 19.8 Å². The molecule has 0 radical (unpaired) electrons. The van der Waals surface area contributed by atoms with E-state index in [-0.39, 0.29) is 0 Å². The zero-order valence-corrected chi connectivity index (χ0v) is 11.6. The number of nitrogens with two attached hydrogens (primary N) is 1. The lowest BCUT2D eigenvalue weighted by molar-refractivity contribution is 0.199. The first-order valence-electron chi connectivity index (χ1n) is 5.82. The second kappa shape index (κ2) is 7.82. The predicted molar refractivity (Wildman–Crippen MR) is 74.0 cm³/mol. The van der Waals surface area contributed by atoms with Gasteiger partial charge >= 0.3 is 0 Å². The summed E-state index contributed by atoms with van der Waals surface area (Å²) in [6, 6.07) is 0.625. The van der Waals surface area contributed by atoms with Gasteiger partial charge in [0.25, 0.3) is 0 Å². The molecule has 2 N–H and O–H groups in total. The third kappa shape index (κ3) is 4.98. The van der Waals surface area contributed by atoms with Crippen LogP contribution in [0.25, 0.3) is 0 Å². The van der Waals surface area contributed by atoms with Crippen molar-refractivity contribution in [1.82, 2.24) is 4.90 Å². The Balaban J connectivity index is 2.29. The van der Waals surface area contributed by atoms with E-state index < -0.39 is 0 Å². The van der Waals surface area contributed by atoms with Crippen LogP contribution in [0, 0.1) is 0 Å². The van der Waals surface area contributed by atoms with Gasteiger partial charge < -0.3 is 5.73 Å². The SMILES string of the molecule is CSCCCC(CN)N1CCSC(C)C1. The highest BCUT2D eigenvalue weighted by Gasteiger charge is 2.22. The summed E-state index contributed by atoms with van der Waals surface area (Å²) in [5.41, 5.74) is 5.88. The summed E-state index contributed by atoms with van der Waals surface area (Å²) in [5.74, 6) is 2.55. The highest BCUT2D eigenvalue weighted by molar-refractivity contribution is 8.00. The summed E-state index contributed by atoms with van der Waals surface area (Å²) >= 11 is 4.03. The van der Waals surface area contributed by atoms with Crippen LogP contribution in [0.2, 0.25) is 0 Å². The average Bonchev–Trinajstić information content (AvgIpc) is 2.24. The highest BCUT2D eigenvalue weighted by atomic mass is 32.2. The zero-order chi connectivity index (χ0) is 11.1. The predicted octanol–water partition coefficient (Wildman–Crippen LogP) is 1.89. The molecule has 15 heavy (non-hydrogen) atoms. The molecule has 2 atom stereocenters. The van der Waals surface area contributed by atoms with Crippen LogP contribution in [-0.4, -0.2) is 53.6 Å². The molecule has 1 aliphatic rings. The smallest absolute Gasteiger partial charge is 0.0219 e. The van der Waals surface area contributed by atoms with Gasteiger partial charge in [-0.1, -0.05) is 6.92 Å². The number of nitrogens with zero attached hydrogens (tertiary/aromatic N) is 1. The summed E-state index contributed by atoms with van der Waals surface area (Å²) in [6.45, 7) is 5.61. The minimum atomic E-state index is 0.625. The molecule has 0 aromatic heterocycles. The van der Waals surface area contributed by atoms with Gasteiger partial charge in [0.05, 0.1) is 0 Å². The Hall–Kier alpha value is 0.620. The fourth-order valence-electron chi connectivity index (χ4n) is 2.09. The normalized spacial score (nSPS) is 25.4. The molecule has 1 fully saturated rings. The van der Waals surface area contributed by atoms with E-state index in [1.165, 1.54) is 37.4 Å². The monoisotopic (exact) mass is 248 g/mol. The van der Waals surface area contributed by atoms with Crippen LogP contribution in [0.15, 0.2) is 0 Å². The number of hydrogen-bond acceptors (Lipinski definition) is 4. The van der Waals surface area contributed by atoms with E-state index >= 15 is 0 Å². The van der Waals surface area contributed by atoms with E-state index in [9.17, 15) is 0 Å². The van der Waals surface area contributed by atoms with Crippen molar-refractivity contribution in [2.45, 2.75) is 31.1 Å². The van der Waals surface area contributed by atoms with Gasteiger partial charge in [0.2, 0.25) is 0 Å². The van der Waals surface area contributed by atoms with Crippen molar-refractivity contribution >= 4 is 23.5 Å². The second-order valence-corrected chi connectivity index (χ2v) is 6.73. The van der Waals surface area contributed by atoms with Crippen molar-refractivity contribution in [2.75, 3.05) is 37.4 Å². The van der Waals surface area contributed by atoms with Crippen molar-refractivity contribution in [1.29, 1.82) is 0 Å². The molecular weight excluding hydrogens is 224 g/mol. The van der Waals surface area contributed by atoms with Gasteiger partial charge in [0.15, 0.2) is 0 Å². The maximum Gasteiger partial charge on any atom is 0.0219 e. The van der Waals surface area contributed by atoms with Gasteiger partial charge in [0.1, 0.15) is 0 Å². The molecular formula is C11H24N2S2. The molecule has 2 nitrogen and oxygen atoms in total. The van der Waals surface area contributed by atoms with Crippen LogP contribution >= 0.6 is 23.5 Å². The van der Waals surface area contributed by atoms with Crippen molar-refractivity contribution in [3.05, 3.63) is 0 Å². The maximum atomic E-state index is 5.88. The molecule has 0 aliphatic carbocycles. The van der Waals surface area contributed by atoms with E-state index in [0.29, 0.717) is 6.04 Å². The summed E-state index contributed by atoms with van der Waals surface area (Å²) in [4.78, 5) is 2.60. The Morgan fingerprint density at radius 1 is 1.60 bits per heavy atom. The maximum absolute atomic E-state index is 5.88. The van der Waals surface area contributed by atoms with Crippen LogP contribution in [0.5, 0.6) is 0 Å². The molecule has 0 spiro atoms. The molecule has 4 heteroatoms. The minimum Gasteiger partial charge on any atom is -0.329 e. The second-order valence-electron chi connectivity index (χ2n) is 4.20. The number of thioether (sulfide) groups is 2. The lowest BCUT2D eigenvalue weighted by Gasteiger charge is -2.36. The lowest BCUT2D eigenvalue weighted by atomic mass is 10.1. The molecule has 0 bridgehead atoms.